The van der Waals surface area contributed by atoms with Crippen molar-refractivity contribution in [3.63, 3.8) is 0 Å². The maximum absolute atomic E-state index is 12.7. The van der Waals surface area contributed by atoms with Crippen molar-refractivity contribution >= 4 is 5.91 Å². The number of carbonyl (C=O) groups is 1. The highest BCUT2D eigenvalue weighted by Crippen LogP contribution is 2.31. The van der Waals surface area contributed by atoms with Crippen LogP contribution in [0.3, 0.4) is 0 Å². The van der Waals surface area contributed by atoms with Crippen LogP contribution in [-0.4, -0.2) is 51.3 Å². The molecule has 2 aromatic rings. The van der Waals surface area contributed by atoms with Crippen LogP contribution >= 0.6 is 0 Å². The number of β-amino-alcohol motifs (C(OH)–C–C–N with tert-alkyl or cyclic N) is 1. The van der Waals surface area contributed by atoms with E-state index >= 15 is 0 Å². The minimum atomic E-state index is -1.32. The maximum Gasteiger partial charge on any atom is 0.328 e. The quantitative estimate of drug-likeness (QED) is 0.825. The zero-order chi connectivity index (χ0) is 18.9. The molecule has 3 rings (SSSR count). The summed E-state index contributed by atoms with van der Waals surface area (Å²) in [4.78, 5) is 39.7. The van der Waals surface area contributed by atoms with Crippen molar-refractivity contribution in [2.24, 2.45) is 0 Å². The van der Waals surface area contributed by atoms with Crippen LogP contribution in [0.4, 0.5) is 0 Å². The second-order valence-electron chi connectivity index (χ2n) is 6.63. The van der Waals surface area contributed by atoms with Gasteiger partial charge in [-0.15, -0.1) is 0 Å². The van der Waals surface area contributed by atoms with Crippen LogP contribution in [0.5, 0.6) is 5.75 Å². The number of nitrogens with zero attached hydrogens (tertiary/aromatic N) is 2. The Morgan fingerprint density at radius 2 is 1.96 bits per heavy atom. The minimum Gasteiger partial charge on any atom is -0.497 e. The molecule has 8 nitrogen and oxygen atoms in total. The van der Waals surface area contributed by atoms with Gasteiger partial charge in [0.15, 0.2) is 0 Å². The van der Waals surface area contributed by atoms with Gasteiger partial charge < -0.3 is 14.7 Å². The highest BCUT2D eigenvalue weighted by molar-refractivity contribution is 5.94. The molecule has 2 heterocycles. The Bertz CT molecular complexity index is 913. The van der Waals surface area contributed by atoms with Gasteiger partial charge in [-0.2, -0.15) is 0 Å². The molecule has 1 aromatic carbocycles. The molecule has 1 fully saturated rings. The van der Waals surface area contributed by atoms with Crippen molar-refractivity contribution in [1.82, 2.24) is 14.5 Å². The maximum atomic E-state index is 12.7. The van der Waals surface area contributed by atoms with Gasteiger partial charge in [-0.05, 0) is 37.6 Å². The molecular weight excluding hydrogens is 338 g/mol. The number of aromatic amines is 1. The molecule has 0 bridgehead atoms. The normalized spacial score (nSPS) is 22.9. The fraction of sp³-hybridized carbons (Fsp3) is 0.389. The van der Waals surface area contributed by atoms with Crippen molar-refractivity contribution in [3.8, 4) is 5.75 Å². The lowest BCUT2D eigenvalue weighted by Gasteiger charge is -2.43. The Labute approximate surface area is 149 Å². The number of rotatable bonds is 3. The van der Waals surface area contributed by atoms with E-state index in [4.69, 9.17) is 4.74 Å². The van der Waals surface area contributed by atoms with Crippen molar-refractivity contribution < 1.29 is 14.6 Å². The number of aromatic nitrogens is 2. The molecule has 0 unspecified atom stereocenters. The summed E-state index contributed by atoms with van der Waals surface area (Å²) in [7, 11) is 1.55. The number of hydrogen-bond donors (Lipinski definition) is 2. The molecule has 1 amide bonds. The number of piperidine rings is 1. The molecule has 26 heavy (non-hydrogen) atoms. The van der Waals surface area contributed by atoms with E-state index < -0.39 is 22.9 Å². The molecular formula is C18H21N3O5. The van der Waals surface area contributed by atoms with Gasteiger partial charge in [0.25, 0.3) is 11.5 Å². The lowest BCUT2D eigenvalue weighted by Crippen LogP contribution is -2.56. The Morgan fingerprint density at radius 3 is 2.54 bits per heavy atom. The molecule has 138 valence electrons. The third-order valence-corrected chi connectivity index (χ3v) is 4.71. The predicted octanol–water partition coefficient (Wildman–Crippen LogP) is 0.383. The lowest BCUT2D eigenvalue weighted by molar-refractivity contribution is -0.0503. The van der Waals surface area contributed by atoms with E-state index in [-0.39, 0.29) is 12.5 Å². The fourth-order valence-electron chi connectivity index (χ4n) is 3.36. The highest BCUT2D eigenvalue weighted by atomic mass is 16.5. The number of carbonyl (C=O) groups excluding carboxylic acids is 1. The number of benzene rings is 1. The summed E-state index contributed by atoms with van der Waals surface area (Å²) in [5.41, 5.74) is -1.88. The Kier molecular flexibility index (Phi) is 4.69. The second kappa shape index (κ2) is 6.80. The SMILES string of the molecule is COc1ccc(C(=O)N2CC[C@@H](n3ccc(=O)[nH]c3=O)[C@](C)(O)C2)cc1. The Morgan fingerprint density at radius 1 is 1.27 bits per heavy atom. The first-order chi connectivity index (χ1) is 12.3. The lowest BCUT2D eigenvalue weighted by atomic mass is 9.88. The minimum absolute atomic E-state index is 0.0775. The smallest absolute Gasteiger partial charge is 0.328 e. The number of methoxy groups -OCH3 is 1. The topological polar surface area (TPSA) is 105 Å². The van der Waals surface area contributed by atoms with E-state index in [1.54, 1.807) is 43.2 Å². The van der Waals surface area contributed by atoms with Gasteiger partial charge in [0.05, 0.1) is 19.7 Å². The van der Waals surface area contributed by atoms with Gasteiger partial charge in [0, 0.05) is 24.4 Å². The molecule has 1 aromatic heterocycles. The number of amides is 1. The Hall–Kier alpha value is -2.87. The average Bonchev–Trinajstić information content (AvgIpc) is 2.61. The van der Waals surface area contributed by atoms with Gasteiger partial charge in [0.1, 0.15) is 11.4 Å². The van der Waals surface area contributed by atoms with E-state index in [1.165, 1.54) is 16.8 Å². The molecule has 1 saturated heterocycles. The van der Waals surface area contributed by atoms with Crippen LogP contribution in [0.25, 0.3) is 0 Å². The van der Waals surface area contributed by atoms with E-state index in [9.17, 15) is 19.5 Å². The molecule has 2 atom stereocenters. The molecule has 0 radical (unpaired) electrons. The number of H-pyrrole nitrogens is 1. The highest BCUT2D eigenvalue weighted by Gasteiger charge is 2.41. The second-order valence-corrected chi connectivity index (χ2v) is 6.63. The molecule has 1 aliphatic rings. The summed E-state index contributed by atoms with van der Waals surface area (Å²) < 4.78 is 6.40. The third kappa shape index (κ3) is 3.41. The van der Waals surface area contributed by atoms with E-state index in [0.717, 1.165) is 0 Å². The summed E-state index contributed by atoms with van der Waals surface area (Å²) >= 11 is 0. The Balaban J connectivity index is 1.80. The summed E-state index contributed by atoms with van der Waals surface area (Å²) in [6.45, 7) is 2.05. The number of aliphatic hydroxyl groups is 1. The van der Waals surface area contributed by atoms with Crippen LogP contribution in [0.2, 0.25) is 0 Å². The van der Waals surface area contributed by atoms with Crippen molar-refractivity contribution in [1.29, 1.82) is 0 Å². The van der Waals surface area contributed by atoms with Crippen molar-refractivity contribution in [2.75, 3.05) is 20.2 Å². The van der Waals surface area contributed by atoms with E-state index in [2.05, 4.69) is 4.98 Å². The first-order valence-electron chi connectivity index (χ1n) is 8.29. The number of ether oxygens (including phenoxy) is 1. The van der Waals surface area contributed by atoms with E-state index in [0.29, 0.717) is 24.3 Å². The third-order valence-electron chi connectivity index (χ3n) is 4.71. The standard InChI is InChI=1S/C18H21N3O5/c1-18(25)11-20(16(23)12-3-5-13(26-2)6-4-12)9-7-14(18)21-10-8-15(22)19-17(21)24/h3-6,8,10,14,25H,7,9,11H2,1-2H3,(H,19,22,24)/t14-,18-/m1/s1. The first-order valence-corrected chi connectivity index (χ1v) is 8.29. The molecule has 0 aliphatic carbocycles. The largest absolute Gasteiger partial charge is 0.497 e. The summed E-state index contributed by atoms with van der Waals surface area (Å²) in [5.74, 6) is 0.463. The summed E-state index contributed by atoms with van der Waals surface area (Å²) in [6, 6.07) is 7.47. The van der Waals surface area contributed by atoms with Gasteiger partial charge >= 0.3 is 5.69 Å². The van der Waals surface area contributed by atoms with Crippen LogP contribution < -0.4 is 16.0 Å². The van der Waals surface area contributed by atoms with Gasteiger partial charge in [0.2, 0.25) is 0 Å². The fourth-order valence-corrected chi connectivity index (χ4v) is 3.36. The zero-order valence-corrected chi connectivity index (χ0v) is 14.6. The number of nitrogens with one attached hydrogen (secondary N) is 1. The van der Waals surface area contributed by atoms with Crippen molar-refractivity contribution in [2.45, 2.75) is 25.0 Å². The monoisotopic (exact) mass is 359 g/mol. The van der Waals surface area contributed by atoms with Crippen LogP contribution in [0.1, 0.15) is 29.7 Å². The average molecular weight is 359 g/mol. The van der Waals surface area contributed by atoms with Crippen LogP contribution in [0.15, 0.2) is 46.1 Å². The number of hydrogen-bond acceptors (Lipinski definition) is 5. The predicted molar refractivity (Wildman–Crippen MR) is 94.5 cm³/mol. The summed E-state index contributed by atoms with van der Waals surface area (Å²) in [5, 5.41) is 10.9. The molecule has 0 saturated carbocycles. The number of likely N-dealkylation sites (tertiary alicyclic amines) is 1. The van der Waals surface area contributed by atoms with Gasteiger partial charge in [-0.3, -0.25) is 19.1 Å². The van der Waals surface area contributed by atoms with Crippen LogP contribution in [-0.2, 0) is 0 Å². The van der Waals surface area contributed by atoms with Gasteiger partial charge in [-0.25, -0.2) is 4.79 Å². The molecule has 8 heteroatoms. The molecule has 2 N–H and O–H groups in total. The zero-order valence-electron chi connectivity index (χ0n) is 14.6. The first kappa shape index (κ1) is 17.9. The summed E-state index contributed by atoms with van der Waals surface area (Å²) in [6.07, 6.45) is 1.77. The van der Waals surface area contributed by atoms with Crippen LogP contribution in [0, 0.1) is 0 Å². The van der Waals surface area contributed by atoms with Crippen molar-refractivity contribution in [3.05, 3.63) is 62.9 Å². The molecule has 1 aliphatic heterocycles. The van der Waals surface area contributed by atoms with Gasteiger partial charge in [-0.1, -0.05) is 0 Å². The molecule has 0 spiro atoms. The van der Waals surface area contributed by atoms with E-state index in [1.807, 2.05) is 0 Å².